The molecule has 1 aliphatic carbocycles. The quantitative estimate of drug-likeness (QED) is 0.767. The Morgan fingerprint density at radius 2 is 2.00 bits per heavy atom. The van der Waals surface area contributed by atoms with Gasteiger partial charge in [0.1, 0.15) is 0 Å². The monoisotopic (exact) mass is 253 g/mol. The van der Waals surface area contributed by atoms with E-state index in [4.69, 9.17) is 0 Å². The third-order valence-corrected chi connectivity index (χ3v) is 4.22. The fraction of sp³-hybridized carbons (Fsp3) is 0.929. The molecule has 1 unspecified atom stereocenters. The molecule has 0 spiro atoms. The zero-order chi connectivity index (χ0) is 13.2. The first-order chi connectivity index (χ1) is 8.50. The maximum atomic E-state index is 12.4. The Balaban J connectivity index is 1.84. The summed E-state index contributed by atoms with van der Waals surface area (Å²) in [5, 5.41) is 6.52. The molecule has 1 atom stereocenters. The first kappa shape index (κ1) is 13.8. The van der Waals surface area contributed by atoms with Crippen LogP contribution in [0.4, 0.5) is 0 Å². The van der Waals surface area contributed by atoms with E-state index < -0.39 is 0 Å². The van der Waals surface area contributed by atoms with Crippen LogP contribution in [-0.2, 0) is 4.79 Å². The van der Waals surface area contributed by atoms with E-state index in [1.807, 2.05) is 13.8 Å². The number of carbonyl (C=O) groups excluding carboxylic acids is 1. The molecule has 1 heterocycles. The predicted molar refractivity (Wildman–Crippen MR) is 73.5 cm³/mol. The molecule has 2 N–H and O–H groups in total. The maximum Gasteiger partial charge on any atom is 0.240 e. The Kier molecular flexibility index (Phi) is 4.28. The second-order valence-electron chi connectivity index (χ2n) is 6.35. The van der Waals surface area contributed by atoms with Gasteiger partial charge in [0.2, 0.25) is 5.91 Å². The van der Waals surface area contributed by atoms with Gasteiger partial charge in [-0.25, -0.2) is 0 Å². The molecule has 2 rings (SSSR count). The van der Waals surface area contributed by atoms with Gasteiger partial charge in [-0.2, -0.15) is 0 Å². The maximum absolute atomic E-state index is 12.4. The zero-order valence-electron chi connectivity index (χ0n) is 12.0. The average Bonchev–Trinajstić information content (AvgIpc) is 3.13. The molecule has 0 aromatic carbocycles. The largest absolute Gasteiger partial charge is 0.352 e. The third-order valence-electron chi connectivity index (χ3n) is 4.22. The molecule has 0 radical (unpaired) electrons. The predicted octanol–water partition coefficient (Wildman–Crippen LogP) is 0.975. The molecule has 1 saturated heterocycles. The molecule has 1 amide bonds. The summed E-state index contributed by atoms with van der Waals surface area (Å²) in [5.41, 5.74) is -0.389. The summed E-state index contributed by atoms with van der Waals surface area (Å²) in [7, 11) is 0. The lowest BCUT2D eigenvalue weighted by Gasteiger charge is -2.40. The zero-order valence-corrected chi connectivity index (χ0v) is 12.0. The Hall–Kier alpha value is -0.610. The molecule has 1 aliphatic heterocycles. The molecule has 4 heteroatoms. The molecule has 0 aromatic rings. The molecule has 1 saturated carbocycles. The van der Waals surface area contributed by atoms with Crippen LogP contribution in [0.3, 0.4) is 0 Å². The molecule has 18 heavy (non-hydrogen) atoms. The molecule has 2 fully saturated rings. The summed E-state index contributed by atoms with van der Waals surface area (Å²) < 4.78 is 0. The molecular weight excluding hydrogens is 226 g/mol. The SMILES string of the molecule is CC(CC1CC1)NC(=O)C(C)(C)N1CCNCC1. The van der Waals surface area contributed by atoms with Crippen LogP contribution in [0.2, 0.25) is 0 Å². The Labute approximate surface area is 110 Å². The number of hydrogen-bond donors (Lipinski definition) is 2. The van der Waals surface area contributed by atoms with E-state index in [2.05, 4.69) is 22.5 Å². The molecule has 0 aromatic heterocycles. The number of rotatable bonds is 5. The van der Waals surface area contributed by atoms with Gasteiger partial charge in [-0.3, -0.25) is 9.69 Å². The molecular formula is C14H27N3O. The first-order valence-corrected chi connectivity index (χ1v) is 7.27. The highest BCUT2D eigenvalue weighted by molar-refractivity contribution is 5.85. The van der Waals surface area contributed by atoms with Crippen LogP contribution in [0.15, 0.2) is 0 Å². The number of amides is 1. The summed E-state index contributed by atoms with van der Waals surface area (Å²) in [5.74, 6) is 1.04. The van der Waals surface area contributed by atoms with Gasteiger partial charge in [0, 0.05) is 32.2 Å². The standard InChI is InChI=1S/C14H27N3O/c1-11(10-12-4-5-12)16-13(18)14(2,3)17-8-6-15-7-9-17/h11-12,15H,4-10H2,1-3H3,(H,16,18). The van der Waals surface area contributed by atoms with Crippen LogP contribution in [0.1, 0.15) is 40.0 Å². The lowest BCUT2D eigenvalue weighted by molar-refractivity contribution is -0.132. The van der Waals surface area contributed by atoms with Gasteiger partial charge < -0.3 is 10.6 Å². The van der Waals surface area contributed by atoms with E-state index in [-0.39, 0.29) is 11.4 Å². The second kappa shape index (κ2) is 5.57. The number of nitrogens with zero attached hydrogens (tertiary/aromatic N) is 1. The summed E-state index contributed by atoms with van der Waals surface area (Å²) in [4.78, 5) is 14.7. The van der Waals surface area contributed by atoms with Gasteiger partial charge in [-0.15, -0.1) is 0 Å². The van der Waals surface area contributed by atoms with E-state index in [1.54, 1.807) is 0 Å². The lowest BCUT2D eigenvalue weighted by Crippen LogP contribution is -2.60. The normalized spacial score (nSPS) is 23.7. The van der Waals surface area contributed by atoms with Crippen LogP contribution < -0.4 is 10.6 Å². The number of nitrogens with one attached hydrogen (secondary N) is 2. The van der Waals surface area contributed by atoms with Crippen molar-refractivity contribution in [3.8, 4) is 0 Å². The highest BCUT2D eigenvalue weighted by Crippen LogP contribution is 2.33. The van der Waals surface area contributed by atoms with Crippen molar-refractivity contribution in [2.24, 2.45) is 5.92 Å². The van der Waals surface area contributed by atoms with Crippen molar-refractivity contribution in [1.29, 1.82) is 0 Å². The molecule has 2 aliphatic rings. The summed E-state index contributed by atoms with van der Waals surface area (Å²) in [6, 6.07) is 0.312. The van der Waals surface area contributed by atoms with Gasteiger partial charge in [0.05, 0.1) is 5.54 Å². The molecule has 4 nitrogen and oxygen atoms in total. The van der Waals surface area contributed by atoms with E-state index in [0.29, 0.717) is 6.04 Å². The van der Waals surface area contributed by atoms with Crippen molar-refractivity contribution < 1.29 is 4.79 Å². The van der Waals surface area contributed by atoms with Crippen molar-refractivity contribution in [2.75, 3.05) is 26.2 Å². The summed E-state index contributed by atoms with van der Waals surface area (Å²) in [6.45, 7) is 10.1. The Bertz CT molecular complexity index is 293. The highest BCUT2D eigenvalue weighted by Gasteiger charge is 2.36. The topological polar surface area (TPSA) is 44.4 Å². The van der Waals surface area contributed by atoms with Crippen molar-refractivity contribution in [2.45, 2.75) is 51.6 Å². The number of hydrogen-bond acceptors (Lipinski definition) is 3. The highest BCUT2D eigenvalue weighted by atomic mass is 16.2. The van der Waals surface area contributed by atoms with Crippen molar-refractivity contribution >= 4 is 5.91 Å². The van der Waals surface area contributed by atoms with Gasteiger partial charge in [0.25, 0.3) is 0 Å². The summed E-state index contributed by atoms with van der Waals surface area (Å²) >= 11 is 0. The Morgan fingerprint density at radius 3 is 2.56 bits per heavy atom. The van der Waals surface area contributed by atoms with Crippen molar-refractivity contribution in [1.82, 2.24) is 15.5 Å². The van der Waals surface area contributed by atoms with Crippen LogP contribution >= 0.6 is 0 Å². The smallest absolute Gasteiger partial charge is 0.240 e. The van der Waals surface area contributed by atoms with Crippen LogP contribution in [0.5, 0.6) is 0 Å². The number of piperazine rings is 1. The van der Waals surface area contributed by atoms with Crippen LogP contribution in [-0.4, -0.2) is 48.6 Å². The van der Waals surface area contributed by atoms with Crippen LogP contribution in [0.25, 0.3) is 0 Å². The summed E-state index contributed by atoms with van der Waals surface area (Å²) in [6.07, 6.45) is 3.84. The van der Waals surface area contributed by atoms with Gasteiger partial charge >= 0.3 is 0 Å². The second-order valence-corrected chi connectivity index (χ2v) is 6.35. The van der Waals surface area contributed by atoms with Gasteiger partial charge in [-0.05, 0) is 33.1 Å². The van der Waals surface area contributed by atoms with Gasteiger partial charge in [0.15, 0.2) is 0 Å². The Morgan fingerprint density at radius 1 is 1.39 bits per heavy atom. The number of carbonyl (C=O) groups is 1. The third kappa shape index (κ3) is 3.45. The van der Waals surface area contributed by atoms with E-state index >= 15 is 0 Å². The van der Waals surface area contributed by atoms with Crippen LogP contribution in [0, 0.1) is 5.92 Å². The minimum Gasteiger partial charge on any atom is -0.352 e. The van der Waals surface area contributed by atoms with Crippen molar-refractivity contribution in [3.05, 3.63) is 0 Å². The minimum atomic E-state index is -0.389. The van der Waals surface area contributed by atoms with E-state index in [9.17, 15) is 4.79 Å². The fourth-order valence-electron chi connectivity index (χ4n) is 2.68. The molecule has 104 valence electrons. The first-order valence-electron chi connectivity index (χ1n) is 7.27. The lowest BCUT2D eigenvalue weighted by atomic mass is 9.99. The minimum absolute atomic E-state index is 0.178. The fourth-order valence-corrected chi connectivity index (χ4v) is 2.68. The van der Waals surface area contributed by atoms with E-state index in [0.717, 1.165) is 38.5 Å². The van der Waals surface area contributed by atoms with Crippen molar-refractivity contribution in [3.63, 3.8) is 0 Å². The average molecular weight is 253 g/mol. The molecule has 0 bridgehead atoms. The van der Waals surface area contributed by atoms with Gasteiger partial charge in [-0.1, -0.05) is 12.8 Å². The van der Waals surface area contributed by atoms with E-state index in [1.165, 1.54) is 12.8 Å².